The molecule has 1 N–H and O–H groups in total. The molecule has 0 saturated heterocycles. The van der Waals surface area contributed by atoms with Gasteiger partial charge in [0.2, 0.25) is 0 Å². The summed E-state index contributed by atoms with van der Waals surface area (Å²) >= 11 is 11.6. The van der Waals surface area contributed by atoms with Crippen molar-refractivity contribution in [3.8, 4) is 6.07 Å². The molecule has 0 aromatic carbocycles. The maximum atomic E-state index is 8.21. The lowest BCUT2D eigenvalue weighted by atomic mass is 10.4. The van der Waals surface area contributed by atoms with E-state index < -0.39 is 4.33 Å². The fourth-order valence-corrected chi connectivity index (χ4v) is 1.44. The molecule has 0 radical (unpaired) electrons. The third kappa shape index (κ3) is 2.86. The molecule has 62 valence electrons. The molecule has 0 amide bonds. The predicted molar refractivity (Wildman–Crippen MR) is 45.6 cm³/mol. The molecule has 1 unspecified atom stereocenters. The van der Waals surface area contributed by atoms with Crippen molar-refractivity contribution in [2.75, 3.05) is 13.1 Å². The number of halogens is 2. The van der Waals surface area contributed by atoms with Crippen molar-refractivity contribution in [2.45, 2.75) is 17.2 Å². The van der Waals surface area contributed by atoms with Gasteiger partial charge in [0.05, 0.1) is 6.07 Å². The monoisotopic (exact) mass is 192 g/mol. The largest absolute Gasteiger partial charge is 0.315 e. The summed E-state index contributed by atoms with van der Waals surface area (Å²) in [6.45, 7) is 1.56. The zero-order chi connectivity index (χ0) is 8.32. The lowest BCUT2D eigenvalue weighted by molar-refractivity contribution is 0.641. The molecule has 1 atom stereocenters. The lowest BCUT2D eigenvalue weighted by Crippen LogP contribution is -2.19. The highest BCUT2D eigenvalue weighted by molar-refractivity contribution is 6.50. The SMILES string of the molecule is N#CCCNCC1CC1(Cl)Cl. The van der Waals surface area contributed by atoms with E-state index in [1.54, 1.807) is 0 Å². The summed E-state index contributed by atoms with van der Waals surface area (Å²) < 4.78 is -0.486. The zero-order valence-electron chi connectivity index (χ0n) is 6.11. The van der Waals surface area contributed by atoms with Crippen LogP contribution in [0.2, 0.25) is 0 Å². The van der Waals surface area contributed by atoms with E-state index in [9.17, 15) is 0 Å². The number of alkyl halides is 2. The topological polar surface area (TPSA) is 35.8 Å². The van der Waals surface area contributed by atoms with Crippen LogP contribution in [0, 0.1) is 17.2 Å². The molecule has 1 aliphatic rings. The molecule has 0 aliphatic heterocycles. The second kappa shape index (κ2) is 3.62. The first-order valence-corrected chi connectivity index (χ1v) is 4.38. The highest BCUT2D eigenvalue weighted by Crippen LogP contribution is 2.52. The molecule has 1 aliphatic carbocycles. The smallest absolute Gasteiger partial charge is 0.122 e. The Kier molecular flexibility index (Phi) is 3.00. The first-order valence-electron chi connectivity index (χ1n) is 3.62. The number of hydrogen-bond donors (Lipinski definition) is 1. The molecule has 0 heterocycles. The molecule has 0 aromatic rings. The van der Waals surface area contributed by atoms with Crippen LogP contribution in [0.5, 0.6) is 0 Å². The van der Waals surface area contributed by atoms with E-state index in [1.807, 2.05) is 0 Å². The molecule has 0 aromatic heterocycles. The Bertz CT molecular complexity index is 174. The average Bonchev–Trinajstić information content (AvgIpc) is 2.52. The third-order valence-electron chi connectivity index (χ3n) is 1.76. The molecular formula is C7H10Cl2N2. The third-order valence-corrected chi connectivity index (χ3v) is 2.69. The highest BCUT2D eigenvalue weighted by Gasteiger charge is 2.50. The number of rotatable bonds is 4. The molecular weight excluding hydrogens is 183 g/mol. The average molecular weight is 193 g/mol. The zero-order valence-corrected chi connectivity index (χ0v) is 7.62. The van der Waals surface area contributed by atoms with Gasteiger partial charge < -0.3 is 5.32 Å². The van der Waals surface area contributed by atoms with E-state index >= 15 is 0 Å². The van der Waals surface area contributed by atoms with E-state index in [1.165, 1.54) is 0 Å². The van der Waals surface area contributed by atoms with Crippen LogP contribution in [0.25, 0.3) is 0 Å². The highest BCUT2D eigenvalue weighted by atomic mass is 35.5. The summed E-state index contributed by atoms with van der Waals surface area (Å²) in [7, 11) is 0. The first-order chi connectivity index (χ1) is 5.17. The van der Waals surface area contributed by atoms with Gasteiger partial charge >= 0.3 is 0 Å². The van der Waals surface area contributed by atoms with Crippen molar-refractivity contribution >= 4 is 23.2 Å². The number of nitrogens with zero attached hydrogens (tertiary/aromatic N) is 1. The molecule has 1 saturated carbocycles. The molecule has 1 rings (SSSR count). The van der Waals surface area contributed by atoms with Crippen LogP contribution in [0.1, 0.15) is 12.8 Å². The van der Waals surface area contributed by atoms with E-state index in [-0.39, 0.29) is 0 Å². The van der Waals surface area contributed by atoms with Gasteiger partial charge in [-0.05, 0) is 6.42 Å². The minimum absolute atomic E-state index is 0.379. The van der Waals surface area contributed by atoms with Gasteiger partial charge in [-0.15, -0.1) is 23.2 Å². The van der Waals surface area contributed by atoms with Gasteiger partial charge in [0, 0.05) is 25.4 Å². The fraction of sp³-hybridized carbons (Fsp3) is 0.857. The van der Waals surface area contributed by atoms with Gasteiger partial charge in [-0.2, -0.15) is 5.26 Å². The van der Waals surface area contributed by atoms with Crippen molar-refractivity contribution in [1.29, 1.82) is 5.26 Å². The van der Waals surface area contributed by atoms with Crippen molar-refractivity contribution < 1.29 is 0 Å². The van der Waals surface area contributed by atoms with Crippen molar-refractivity contribution in [2.24, 2.45) is 5.92 Å². The van der Waals surface area contributed by atoms with E-state index in [2.05, 4.69) is 11.4 Å². The summed E-state index contributed by atoms with van der Waals surface area (Å²) in [6, 6.07) is 2.05. The Hall–Kier alpha value is 0.0300. The van der Waals surface area contributed by atoms with Crippen LogP contribution >= 0.6 is 23.2 Å². The minimum Gasteiger partial charge on any atom is -0.315 e. The van der Waals surface area contributed by atoms with Crippen molar-refractivity contribution in [1.82, 2.24) is 5.32 Å². The second-order valence-corrected chi connectivity index (χ2v) is 4.32. The van der Waals surface area contributed by atoms with E-state index in [4.69, 9.17) is 28.5 Å². The van der Waals surface area contributed by atoms with Crippen LogP contribution in [-0.2, 0) is 0 Å². The number of nitriles is 1. The Balaban J connectivity index is 1.95. The van der Waals surface area contributed by atoms with E-state index in [0.29, 0.717) is 12.3 Å². The summed E-state index contributed by atoms with van der Waals surface area (Å²) in [5, 5.41) is 11.3. The fourth-order valence-electron chi connectivity index (χ4n) is 0.912. The van der Waals surface area contributed by atoms with Gasteiger partial charge in [-0.25, -0.2) is 0 Å². The second-order valence-electron chi connectivity index (χ2n) is 2.77. The molecule has 0 bridgehead atoms. The van der Waals surface area contributed by atoms with Crippen LogP contribution in [0.15, 0.2) is 0 Å². The summed E-state index contributed by atoms with van der Waals surface area (Å²) in [5.41, 5.74) is 0. The summed E-state index contributed by atoms with van der Waals surface area (Å²) in [4.78, 5) is 0. The Morgan fingerprint density at radius 3 is 2.73 bits per heavy atom. The van der Waals surface area contributed by atoms with Crippen LogP contribution in [0.4, 0.5) is 0 Å². The standard InChI is InChI=1S/C7H10Cl2N2/c8-7(9)4-6(7)5-11-3-1-2-10/h6,11H,1,3-5H2. The molecule has 0 spiro atoms. The Morgan fingerprint density at radius 1 is 1.64 bits per heavy atom. The van der Waals surface area contributed by atoms with Crippen LogP contribution < -0.4 is 5.32 Å². The maximum absolute atomic E-state index is 8.21. The van der Waals surface area contributed by atoms with Gasteiger partial charge in [-0.3, -0.25) is 0 Å². The van der Waals surface area contributed by atoms with Gasteiger partial charge in [0.1, 0.15) is 4.33 Å². The normalized spacial score (nSPS) is 26.1. The van der Waals surface area contributed by atoms with Crippen LogP contribution in [-0.4, -0.2) is 17.4 Å². The van der Waals surface area contributed by atoms with Crippen LogP contribution in [0.3, 0.4) is 0 Å². The summed E-state index contributed by atoms with van der Waals surface area (Å²) in [6.07, 6.45) is 1.42. The lowest BCUT2D eigenvalue weighted by Gasteiger charge is -2.00. The maximum Gasteiger partial charge on any atom is 0.122 e. The number of hydrogen-bond acceptors (Lipinski definition) is 2. The van der Waals surface area contributed by atoms with Crippen molar-refractivity contribution in [3.05, 3.63) is 0 Å². The Labute approximate surface area is 76.5 Å². The quantitative estimate of drug-likeness (QED) is 0.544. The van der Waals surface area contributed by atoms with E-state index in [0.717, 1.165) is 19.5 Å². The summed E-state index contributed by atoms with van der Waals surface area (Å²) in [5.74, 6) is 0.379. The minimum atomic E-state index is -0.486. The van der Waals surface area contributed by atoms with Gasteiger partial charge in [0.15, 0.2) is 0 Å². The predicted octanol–water partition coefficient (Wildman–Crippen LogP) is 1.68. The molecule has 2 nitrogen and oxygen atoms in total. The van der Waals surface area contributed by atoms with Gasteiger partial charge in [-0.1, -0.05) is 0 Å². The molecule has 4 heteroatoms. The van der Waals surface area contributed by atoms with Gasteiger partial charge in [0.25, 0.3) is 0 Å². The molecule has 11 heavy (non-hydrogen) atoms. The van der Waals surface area contributed by atoms with Crippen molar-refractivity contribution in [3.63, 3.8) is 0 Å². The first kappa shape index (κ1) is 9.12. The number of nitrogens with one attached hydrogen (secondary N) is 1. The Morgan fingerprint density at radius 2 is 2.27 bits per heavy atom. The molecule has 1 fully saturated rings.